The van der Waals surface area contributed by atoms with Crippen LogP contribution in [-0.2, 0) is 20.2 Å². The lowest BCUT2D eigenvalue weighted by Gasteiger charge is -2.57. The van der Waals surface area contributed by atoms with Crippen molar-refractivity contribution in [3.8, 4) is 5.75 Å². The van der Waals surface area contributed by atoms with E-state index < -0.39 is 10.0 Å². The summed E-state index contributed by atoms with van der Waals surface area (Å²) in [4.78, 5) is 12.6. The number of aryl methyl sites for hydroxylation is 1. The summed E-state index contributed by atoms with van der Waals surface area (Å²) < 4.78 is 32.0. The predicted molar refractivity (Wildman–Crippen MR) is 138 cm³/mol. The van der Waals surface area contributed by atoms with E-state index in [2.05, 4.69) is 17.4 Å². The fourth-order valence-electron chi connectivity index (χ4n) is 7.10. The Labute approximate surface area is 209 Å². The summed E-state index contributed by atoms with van der Waals surface area (Å²) in [6, 6.07) is 15.7. The Kier molecular flexibility index (Phi) is 6.55. The third kappa shape index (κ3) is 5.20. The minimum absolute atomic E-state index is 0.250. The number of amides is 1. The van der Waals surface area contributed by atoms with Gasteiger partial charge in [-0.25, -0.2) is 8.42 Å². The second-order valence-corrected chi connectivity index (χ2v) is 12.9. The van der Waals surface area contributed by atoms with Crippen molar-refractivity contribution >= 4 is 21.6 Å². The number of ether oxygens (including phenoxy) is 1. The fourth-order valence-corrected chi connectivity index (χ4v) is 7.96. The summed E-state index contributed by atoms with van der Waals surface area (Å²) >= 11 is 0. The molecule has 0 atom stereocenters. The van der Waals surface area contributed by atoms with Gasteiger partial charge in [0.15, 0.2) is 0 Å². The van der Waals surface area contributed by atoms with Gasteiger partial charge in [-0.05, 0) is 97.9 Å². The molecule has 6 rings (SSSR count). The number of anilines is 1. The van der Waals surface area contributed by atoms with Gasteiger partial charge in [-0.15, -0.1) is 0 Å². The van der Waals surface area contributed by atoms with Crippen LogP contribution in [0.1, 0.15) is 49.7 Å². The van der Waals surface area contributed by atoms with Crippen LogP contribution in [0.5, 0.6) is 5.75 Å². The number of nitrogens with zero attached hydrogens (tertiary/aromatic N) is 1. The van der Waals surface area contributed by atoms with E-state index in [4.69, 9.17) is 4.74 Å². The molecule has 2 aromatic rings. The highest BCUT2D eigenvalue weighted by Gasteiger charge is 2.51. The van der Waals surface area contributed by atoms with Gasteiger partial charge >= 0.3 is 0 Å². The summed E-state index contributed by atoms with van der Waals surface area (Å²) in [6.07, 6.45) is 9.12. The van der Waals surface area contributed by atoms with Gasteiger partial charge < -0.3 is 10.1 Å². The monoisotopic (exact) mass is 496 g/mol. The van der Waals surface area contributed by atoms with Crippen LogP contribution in [0.15, 0.2) is 48.5 Å². The SMILES string of the molecule is Cc1ccccc1OCCNC(=O)CN(c1ccc(C23CC4CC(CC(C4)C2)C3)cc1)S(C)(=O)=O. The lowest BCUT2D eigenvalue weighted by molar-refractivity contribution is -0.119. The van der Waals surface area contributed by atoms with Gasteiger partial charge in [-0.1, -0.05) is 30.3 Å². The molecule has 0 unspecified atom stereocenters. The first-order valence-corrected chi connectivity index (χ1v) is 14.6. The fraction of sp³-hybridized carbons (Fsp3) is 0.536. The van der Waals surface area contributed by atoms with Crippen molar-refractivity contribution in [2.75, 3.05) is 30.3 Å². The standard InChI is InChI=1S/C28H36N2O4S/c1-20-5-3-4-6-26(20)34-12-11-29-27(31)19-30(35(2,32)33)25-9-7-24(8-10-25)28-16-21-13-22(17-28)15-23(14-21)18-28/h3-10,21-23H,11-19H2,1-2H3,(H,29,31). The smallest absolute Gasteiger partial charge is 0.240 e. The van der Waals surface area contributed by atoms with E-state index in [0.717, 1.165) is 35.3 Å². The molecular weight excluding hydrogens is 460 g/mol. The van der Waals surface area contributed by atoms with Crippen molar-refractivity contribution in [3.05, 3.63) is 59.7 Å². The highest BCUT2D eigenvalue weighted by molar-refractivity contribution is 7.92. The van der Waals surface area contributed by atoms with Crippen LogP contribution in [0.2, 0.25) is 0 Å². The molecule has 0 aliphatic heterocycles. The Morgan fingerprint density at radius 1 is 1.00 bits per heavy atom. The normalized spacial score (nSPS) is 27.0. The molecule has 4 bridgehead atoms. The van der Waals surface area contributed by atoms with Gasteiger partial charge in [0.2, 0.25) is 15.9 Å². The Balaban J connectivity index is 1.21. The third-order valence-corrected chi connectivity index (χ3v) is 9.41. The maximum absolute atomic E-state index is 12.6. The quantitative estimate of drug-likeness (QED) is 0.522. The number of benzene rings is 2. The first-order valence-electron chi connectivity index (χ1n) is 12.8. The molecule has 0 aromatic heterocycles. The van der Waals surface area contributed by atoms with Crippen LogP contribution in [0.4, 0.5) is 5.69 Å². The van der Waals surface area contributed by atoms with Gasteiger partial charge in [0.05, 0.1) is 18.5 Å². The third-order valence-electron chi connectivity index (χ3n) is 8.27. The molecule has 0 radical (unpaired) electrons. The molecule has 0 heterocycles. The Morgan fingerprint density at radius 3 is 2.17 bits per heavy atom. The molecule has 1 amide bonds. The first kappa shape index (κ1) is 24.2. The number of para-hydroxylation sites is 1. The highest BCUT2D eigenvalue weighted by atomic mass is 32.2. The van der Waals surface area contributed by atoms with E-state index in [1.165, 1.54) is 48.4 Å². The van der Waals surface area contributed by atoms with Crippen molar-refractivity contribution in [2.24, 2.45) is 17.8 Å². The van der Waals surface area contributed by atoms with E-state index in [0.29, 0.717) is 18.8 Å². The number of carbonyl (C=O) groups excluding carboxylic acids is 1. The van der Waals surface area contributed by atoms with Crippen molar-refractivity contribution in [1.29, 1.82) is 0 Å². The zero-order valence-corrected chi connectivity index (χ0v) is 21.5. The molecule has 4 saturated carbocycles. The average Bonchev–Trinajstić information content (AvgIpc) is 2.80. The minimum Gasteiger partial charge on any atom is -0.491 e. The number of sulfonamides is 1. The topological polar surface area (TPSA) is 75.7 Å². The highest BCUT2D eigenvalue weighted by Crippen LogP contribution is 2.60. The predicted octanol–water partition coefficient (Wildman–Crippen LogP) is 4.42. The molecule has 6 nitrogen and oxygen atoms in total. The molecule has 4 fully saturated rings. The molecule has 4 aliphatic rings. The summed E-state index contributed by atoms with van der Waals surface area (Å²) in [5.41, 5.74) is 3.16. The van der Waals surface area contributed by atoms with Crippen molar-refractivity contribution in [3.63, 3.8) is 0 Å². The second-order valence-electron chi connectivity index (χ2n) is 11.0. The number of carbonyl (C=O) groups is 1. The molecular formula is C28H36N2O4S. The van der Waals surface area contributed by atoms with Crippen LogP contribution in [0, 0.1) is 24.7 Å². The van der Waals surface area contributed by atoms with E-state index in [9.17, 15) is 13.2 Å². The molecule has 0 spiro atoms. The number of hydrogen-bond acceptors (Lipinski definition) is 4. The summed E-state index contributed by atoms with van der Waals surface area (Å²) in [7, 11) is -3.61. The van der Waals surface area contributed by atoms with Crippen LogP contribution >= 0.6 is 0 Å². The van der Waals surface area contributed by atoms with Gasteiger partial charge in [0.1, 0.15) is 18.9 Å². The summed E-state index contributed by atoms with van der Waals surface area (Å²) in [5.74, 6) is 2.98. The van der Waals surface area contributed by atoms with Gasteiger partial charge in [-0.3, -0.25) is 9.10 Å². The van der Waals surface area contributed by atoms with Crippen LogP contribution < -0.4 is 14.4 Å². The van der Waals surface area contributed by atoms with Gasteiger partial charge in [0, 0.05) is 0 Å². The maximum Gasteiger partial charge on any atom is 0.240 e. The van der Waals surface area contributed by atoms with Gasteiger partial charge in [0.25, 0.3) is 0 Å². The molecule has 4 aliphatic carbocycles. The molecule has 1 N–H and O–H groups in total. The van der Waals surface area contributed by atoms with Crippen LogP contribution in [0.25, 0.3) is 0 Å². The number of rotatable bonds is 9. The Morgan fingerprint density at radius 2 is 1.60 bits per heavy atom. The zero-order valence-electron chi connectivity index (χ0n) is 20.7. The number of hydrogen-bond donors (Lipinski definition) is 1. The lowest BCUT2D eigenvalue weighted by atomic mass is 9.48. The van der Waals surface area contributed by atoms with E-state index >= 15 is 0 Å². The first-order chi connectivity index (χ1) is 16.7. The minimum atomic E-state index is -3.61. The van der Waals surface area contributed by atoms with Crippen molar-refractivity contribution < 1.29 is 17.9 Å². The van der Waals surface area contributed by atoms with Gasteiger partial charge in [-0.2, -0.15) is 0 Å². The van der Waals surface area contributed by atoms with E-state index in [-0.39, 0.29) is 17.9 Å². The second kappa shape index (κ2) is 9.49. The zero-order chi connectivity index (χ0) is 24.6. The molecule has 2 aromatic carbocycles. The Bertz CT molecular complexity index is 1140. The lowest BCUT2D eigenvalue weighted by Crippen LogP contribution is -2.48. The molecule has 0 saturated heterocycles. The molecule has 7 heteroatoms. The number of nitrogens with one attached hydrogen (secondary N) is 1. The Hall–Kier alpha value is -2.54. The molecule has 35 heavy (non-hydrogen) atoms. The van der Waals surface area contributed by atoms with E-state index in [1.807, 2.05) is 43.3 Å². The van der Waals surface area contributed by atoms with Crippen LogP contribution in [0.3, 0.4) is 0 Å². The maximum atomic E-state index is 12.6. The van der Waals surface area contributed by atoms with Crippen molar-refractivity contribution in [2.45, 2.75) is 50.9 Å². The summed E-state index contributed by atoms with van der Waals surface area (Å²) in [5, 5.41) is 2.78. The average molecular weight is 497 g/mol. The largest absolute Gasteiger partial charge is 0.491 e. The van der Waals surface area contributed by atoms with Crippen LogP contribution in [-0.4, -0.2) is 40.3 Å². The summed E-state index contributed by atoms with van der Waals surface area (Å²) in [6.45, 7) is 2.33. The molecule has 188 valence electrons. The van der Waals surface area contributed by atoms with Crippen molar-refractivity contribution in [1.82, 2.24) is 5.32 Å². The van der Waals surface area contributed by atoms with E-state index in [1.54, 1.807) is 0 Å².